The minimum Gasteiger partial charge on any atom is -0.370 e. The highest BCUT2D eigenvalue weighted by atomic mass is 16.5. The summed E-state index contributed by atoms with van der Waals surface area (Å²) in [5.74, 6) is 0. The molecule has 1 unspecified atom stereocenters. The van der Waals surface area contributed by atoms with E-state index in [1.165, 1.54) is 57.8 Å². The second kappa shape index (κ2) is 5.73. The number of nitrogens with one attached hydrogen (secondary N) is 1. The molecule has 3 fully saturated rings. The Morgan fingerprint density at radius 3 is 2.86 bits per heavy atom. The van der Waals surface area contributed by atoms with Crippen LogP contribution >= 0.6 is 0 Å². The van der Waals surface area contributed by atoms with Gasteiger partial charge in [-0.3, -0.25) is 0 Å². The Labute approximate surface area is 127 Å². The van der Waals surface area contributed by atoms with Gasteiger partial charge in [-0.15, -0.1) is 0 Å². The summed E-state index contributed by atoms with van der Waals surface area (Å²) < 4.78 is 8.67. The summed E-state index contributed by atoms with van der Waals surface area (Å²) in [7, 11) is 0. The summed E-state index contributed by atoms with van der Waals surface area (Å²) in [4.78, 5) is 4.51. The van der Waals surface area contributed by atoms with Crippen LogP contribution in [0.4, 0.5) is 0 Å². The Morgan fingerprint density at radius 2 is 2.05 bits per heavy atom. The Hall–Kier alpha value is -0.870. The minimum absolute atomic E-state index is 0.236. The van der Waals surface area contributed by atoms with Crippen LogP contribution in [0.5, 0.6) is 0 Å². The van der Waals surface area contributed by atoms with Crippen LogP contribution in [0, 0.1) is 0 Å². The maximum Gasteiger partial charge on any atom is 0.0950 e. The second-order valence-corrected chi connectivity index (χ2v) is 7.24. The SMILES string of the molecule is c1nc(CNC2CC2)cn1CC1CCC2(CCCCC2)O1. The van der Waals surface area contributed by atoms with Crippen LogP contribution in [0.25, 0.3) is 0 Å². The molecule has 21 heavy (non-hydrogen) atoms. The molecule has 1 aliphatic heterocycles. The monoisotopic (exact) mass is 289 g/mol. The molecule has 1 saturated heterocycles. The first kappa shape index (κ1) is 13.8. The number of hydrogen-bond acceptors (Lipinski definition) is 3. The van der Waals surface area contributed by atoms with Crippen LogP contribution in [0.1, 0.15) is 63.5 Å². The highest BCUT2D eigenvalue weighted by Gasteiger charge is 2.40. The second-order valence-electron chi connectivity index (χ2n) is 7.24. The predicted molar refractivity (Wildman–Crippen MR) is 82.0 cm³/mol. The van der Waals surface area contributed by atoms with E-state index in [9.17, 15) is 0 Å². The van der Waals surface area contributed by atoms with Crippen molar-refractivity contribution in [1.82, 2.24) is 14.9 Å². The molecule has 3 aliphatic rings. The molecular weight excluding hydrogens is 262 g/mol. The standard InChI is InChI=1S/C17H27N3O/c1-2-7-17(8-3-1)9-6-16(21-17)12-20-11-15(19-13-20)10-18-14-4-5-14/h11,13-14,16,18H,1-10,12H2. The molecule has 116 valence electrons. The molecule has 1 N–H and O–H groups in total. The minimum atomic E-state index is 0.236. The quantitative estimate of drug-likeness (QED) is 0.905. The molecule has 2 saturated carbocycles. The van der Waals surface area contributed by atoms with Crippen LogP contribution in [0.15, 0.2) is 12.5 Å². The van der Waals surface area contributed by atoms with Crippen LogP contribution in [0.3, 0.4) is 0 Å². The Kier molecular flexibility index (Phi) is 3.76. The van der Waals surface area contributed by atoms with Gasteiger partial charge in [-0.25, -0.2) is 4.98 Å². The fourth-order valence-electron chi connectivity index (χ4n) is 3.96. The molecule has 4 nitrogen and oxygen atoms in total. The Morgan fingerprint density at radius 1 is 1.19 bits per heavy atom. The first-order valence-corrected chi connectivity index (χ1v) is 8.73. The van der Waals surface area contributed by atoms with Gasteiger partial charge in [0.05, 0.1) is 23.7 Å². The molecule has 0 amide bonds. The topological polar surface area (TPSA) is 39.1 Å². The van der Waals surface area contributed by atoms with Gasteiger partial charge in [0.1, 0.15) is 0 Å². The maximum atomic E-state index is 6.45. The van der Waals surface area contributed by atoms with Gasteiger partial charge in [0, 0.05) is 25.3 Å². The maximum absolute atomic E-state index is 6.45. The molecular formula is C17H27N3O. The van der Waals surface area contributed by atoms with Gasteiger partial charge in [-0.2, -0.15) is 0 Å². The zero-order valence-electron chi connectivity index (χ0n) is 12.9. The lowest BCUT2D eigenvalue weighted by atomic mass is 9.83. The molecule has 4 heteroatoms. The van der Waals surface area contributed by atoms with Gasteiger partial charge >= 0.3 is 0 Å². The lowest BCUT2D eigenvalue weighted by molar-refractivity contribution is -0.0679. The molecule has 1 atom stereocenters. The average molecular weight is 289 g/mol. The van der Waals surface area contributed by atoms with Crippen LogP contribution in [0.2, 0.25) is 0 Å². The smallest absolute Gasteiger partial charge is 0.0950 e. The summed E-state index contributed by atoms with van der Waals surface area (Å²) in [6, 6.07) is 0.750. The van der Waals surface area contributed by atoms with E-state index in [0.29, 0.717) is 6.10 Å². The Bertz CT molecular complexity index is 474. The lowest BCUT2D eigenvalue weighted by Gasteiger charge is -2.33. The van der Waals surface area contributed by atoms with Gasteiger partial charge in [-0.1, -0.05) is 19.3 Å². The van der Waals surface area contributed by atoms with Gasteiger partial charge in [0.15, 0.2) is 0 Å². The third kappa shape index (κ3) is 3.32. The van der Waals surface area contributed by atoms with E-state index in [2.05, 4.69) is 21.1 Å². The van der Waals surface area contributed by atoms with Crippen molar-refractivity contribution in [3.8, 4) is 0 Å². The normalized spacial score (nSPS) is 28.3. The fourth-order valence-corrected chi connectivity index (χ4v) is 3.96. The third-order valence-electron chi connectivity index (χ3n) is 5.35. The van der Waals surface area contributed by atoms with Crippen molar-refractivity contribution >= 4 is 0 Å². The molecule has 2 aliphatic carbocycles. The van der Waals surface area contributed by atoms with Crippen LogP contribution in [-0.2, 0) is 17.8 Å². The first-order chi connectivity index (χ1) is 10.3. The molecule has 1 aromatic heterocycles. The summed E-state index contributed by atoms with van der Waals surface area (Å²) >= 11 is 0. The summed E-state index contributed by atoms with van der Waals surface area (Å²) in [5.41, 5.74) is 1.40. The van der Waals surface area contributed by atoms with E-state index < -0.39 is 0 Å². The van der Waals surface area contributed by atoms with E-state index in [0.717, 1.165) is 24.8 Å². The molecule has 0 aromatic carbocycles. The summed E-state index contributed by atoms with van der Waals surface area (Å²) in [5, 5.41) is 3.52. The fraction of sp³-hybridized carbons (Fsp3) is 0.824. The molecule has 4 rings (SSSR count). The van der Waals surface area contributed by atoms with Gasteiger partial charge in [0.25, 0.3) is 0 Å². The van der Waals surface area contributed by atoms with Gasteiger partial charge < -0.3 is 14.6 Å². The van der Waals surface area contributed by atoms with Crippen molar-refractivity contribution in [2.24, 2.45) is 0 Å². The number of nitrogens with zero attached hydrogens (tertiary/aromatic N) is 2. The largest absolute Gasteiger partial charge is 0.370 e. The van der Waals surface area contributed by atoms with Crippen molar-refractivity contribution in [3.63, 3.8) is 0 Å². The summed E-state index contributed by atoms with van der Waals surface area (Å²) in [6.07, 6.45) is 16.4. The molecule has 0 bridgehead atoms. The zero-order chi connectivity index (χ0) is 14.1. The average Bonchev–Trinajstić information content (AvgIpc) is 3.11. The van der Waals surface area contributed by atoms with Crippen molar-refractivity contribution in [3.05, 3.63) is 18.2 Å². The third-order valence-corrected chi connectivity index (χ3v) is 5.35. The van der Waals surface area contributed by atoms with Crippen molar-refractivity contribution in [1.29, 1.82) is 0 Å². The molecule has 1 spiro atoms. The Balaban J connectivity index is 1.29. The highest BCUT2D eigenvalue weighted by Crippen LogP contribution is 2.42. The zero-order valence-corrected chi connectivity index (χ0v) is 12.9. The number of hydrogen-bond donors (Lipinski definition) is 1. The predicted octanol–water partition coefficient (Wildman–Crippen LogP) is 3.02. The van der Waals surface area contributed by atoms with Crippen LogP contribution < -0.4 is 5.32 Å². The van der Waals surface area contributed by atoms with Gasteiger partial charge in [-0.05, 0) is 38.5 Å². The molecule has 1 aromatic rings. The lowest BCUT2D eigenvalue weighted by Crippen LogP contribution is -2.32. The number of aromatic nitrogens is 2. The van der Waals surface area contributed by atoms with E-state index in [1.807, 2.05) is 6.33 Å². The van der Waals surface area contributed by atoms with E-state index >= 15 is 0 Å². The van der Waals surface area contributed by atoms with Crippen molar-refractivity contribution in [2.75, 3.05) is 0 Å². The number of rotatable bonds is 5. The van der Waals surface area contributed by atoms with E-state index in [1.54, 1.807) is 0 Å². The number of imidazole rings is 1. The molecule has 0 radical (unpaired) electrons. The van der Waals surface area contributed by atoms with Crippen molar-refractivity contribution < 1.29 is 4.74 Å². The highest BCUT2D eigenvalue weighted by molar-refractivity contribution is 4.99. The van der Waals surface area contributed by atoms with Gasteiger partial charge in [0.2, 0.25) is 0 Å². The first-order valence-electron chi connectivity index (χ1n) is 8.73. The van der Waals surface area contributed by atoms with E-state index in [-0.39, 0.29) is 5.60 Å². The molecule has 2 heterocycles. The van der Waals surface area contributed by atoms with Crippen molar-refractivity contribution in [2.45, 2.75) is 88.6 Å². The number of ether oxygens (including phenoxy) is 1. The summed E-state index contributed by atoms with van der Waals surface area (Å²) in [6.45, 7) is 1.88. The van der Waals surface area contributed by atoms with Crippen LogP contribution in [-0.4, -0.2) is 27.3 Å². The van der Waals surface area contributed by atoms with E-state index in [4.69, 9.17) is 4.74 Å².